The number of rotatable bonds is 3. The highest BCUT2D eigenvalue weighted by atomic mass is 35.5. The molecule has 6 heteroatoms. The number of carbonyl (C=O) groups is 1. The van der Waals surface area contributed by atoms with E-state index in [1.165, 1.54) is 18.4 Å². The number of likely N-dealkylation sites (tertiary alicyclic amines) is 1. The molecule has 1 aliphatic carbocycles. The standard InChI is InChI=1S/C22H28N2O3.ClH/c25-22(24-9-7-15-12-23-13-16(15)8-10-24)14-26-17-5-6-21-19(11-17)18-3-1-2-4-20(18)27-21;/h5-6,11,15-16,23H,1-4,7-10,12-14H2;1H/t15-,16+;. The van der Waals surface area contributed by atoms with Gasteiger partial charge in [0.15, 0.2) is 6.61 Å². The Morgan fingerprint density at radius 1 is 1.14 bits per heavy atom. The van der Waals surface area contributed by atoms with Crippen molar-refractivity contribution in [3.05, 3.63) is 29.5 Å². The first-order chi connectivity index (χ1) is 13.3. The van der Waals surface area contributed by atoms with Crippen LogP contribution >= 0.6 is 12.4 Å². The summed E-state index contributed by atoms with van der Waals surface area (Å²) in [6.07, 6.45) is 6.75. The van der Waals surface area contributed by atoms with Gasteiger partial charge in [0.2, 0.25) is 0 Å². The van der Waals surface area contributed by atoms with Crippen molar-refractivity contribution in [1.29, 1.82) is 0 Å². The number of nitrogens with zero attached hydrogens (tertiary/aromatic N) is 1. The molecule has 2 aliphatic heterocycles. The number of aryl methyl sites for hydroxylation is 2. The zero-order valence-electron chi connectivity index (χ0n) is 16.2. The van der Waals surface area contributed by atoms with E-state index >= 15 is 0 Å². The van der Waals surface area contributed by atoms with Crippen LogP contribution in [0.25, 0.3) is 11.0 Å². The third-order valence-corrected chi connectivity index (χ3v) is 6.66. The Morgan fingerprint density at radius 2 is 1.89 bits per heavy atom. The van der Waals surface area contributed by atoms with E-state index < -0.39 is 0 Å². The largest absolute Gasteiger partial charge is 0.484 e. The van der Waals surface area contributed by atoms with Crippen molar-refractivity contribution in [3.8, 4) is 5.75 Å². The van der Waals surface area contributed by atoms with Crippen LogP contribution in [0.4, 0.5) is 0 Å². The molecular formula is C22H29ClN2O3. The molecule has 3 heterocycles. The molecule has 0 bridgehead atoms. The number of hydrogen-bond donors (Lipinski definition) is 1. The summed E-state index contributed by atoms with van der Waals surface area (Å²) in [4.78, 5) is 14.7. The Morgan fingerprint density at radius 3 is 2.68 bits per heavy atom. The number of hydrogen-bond acceptors (Lipinski definition) is 4. The van der Waals surface area contributed by atoms with Gasteiger partial charge in [-0.25, -0.2) is 0 Å². The SMILES string of the molecule is Cl.O=C(COc1ccc2oc3c(c2c1)CCCC3)N1CC[C@@H]2CNC[C@@H]2CC1. The fourth-order valence-electron chi connectivity index (χ4n) is 5.04. The predicted octanol–water partition coefficient (Wildman–Crippen LogP) is 3.57. The summed E-state index contributed by atoms with van der Waals surface area (Å²) in [5.41, 5.74) is 2.27. The third-order valence-electron chi connectivity index (χ3n) is 6.66. The van der Waals surface area contributed by atoms with Crippen LogP contribution in [0.5, 0.6) is 5.75 Å². The summed E-state index contributed by atoms with van der Waals surface area (Å²) in [6, 6.07) is 5.95. The molecule has 0 spiro atoms. The minimum Gasteiger partial charge on any atom is -0.484 e. The van der Waals surface area contributed by atoms with Gasteiger partial charge in [0.05, 0.1) is 0 Å². The molecule has 5 rings (SSSR count). The van der Waals surface area contributed by atoms with E-state index in [-0.39, 0.29) is 24.9 Å². The number of fused-ring (bicyclic) bond motifs is 4. The first-order valence-electron chi connectivity index (χ1n) is 10.4. The topological polar surface area (TPSA) is 54.7 Å². The van der Waals surface area contributed by atoms with E-state index in [4.69, 9.17) is 9.15 Å². The predicted molar refractivity (Wildman–Crippen MR) is 111 cm³/mol. The molecule has 1 N–H and O–H groups in total. The van der Waals surface area contributed by atoms with E-state index in [9.17, 15) is 4.79 Å². The maximum Gasteiger partial charge on any atom is 0.260 e. The van der Waals surface area contributed by atoms with E-state index in [0.717, 1.165) is 86.2 Å². The fourth-order valence-corrected chi connectivity index (χ4v) is 5.04. The lowest BCUT2D eigenvalue weighted by atomic mass is 9.92. The molecule has 152 valence electrons. The van der Waals surface area contributed by atoms with Crippen LogP contribution in [-0.4, -0.2) is 43.6 Å². The molecule has 1 aromatic heterocycles. The van der Waals surface area contributed by atoms with Crippen molar-refractivity contribution in [2.24, 2.45) is 11.8 Å². The van der Waals surface area contributed by atoms with Gasteiger partial charge in [-0.1, -0.05) is 0 Å². The van der Waals surface area contributed by atoms with Crippen LogP contribution in [-0.2, 0) is 17.6 Å². The summed E-state index contributed by atoms with van der Waals surface area (Å²) in [5.74, 6) is 3.48. The Bertz CT molecular complexity index is 836. The average molecular weight is 405 g/mol. The van der Waals surface area contributed by atoms with Gasteiger partial charge in [0.1, 0.15) is 17.1 Å². The number of furan rings is 1. The molecule has 0 radical (unpaired) electrons. The number of halogens is 1. The first-order valence-corrected chi connectivity index (χ1v) is 10.4. The number of amides is 1. The number of ether oxygens (including phenoxy) is 1. The lowest BCUT2D eigenvalue weighted by molar-refractivity contribution is -0.133. The Labute approximate surface area is 172 Å². The molecule has 2 saturated heterocycles. The van der Waals surface area contributed by atoms with Gasteiger partial charge in [-0.05, 0) is 75.2 Å². The smallest absolute Gasteiger partial charge is 0.260 e. The van der Waals surface area contributed by atoms with Gasteiger partial charge in [-0.15, -0.1) is 12.4 Å². The second-order valence-corrected chi connectivity index (χ2v) is 8.29. The van der Waals surface area contributed by atoms with Crippen molar-refractivity contribution < 1.29 is 13.9 Å². The molecular weight excluding hydrogens is 376 g/mol. The molecule has 1 aromatic carbocycles. The average Bonchev–Trinajstić information content (AvgIpc) is 3.24. The van der Waals surface area contributed by atoms with Crippen LogP contribution in [0, 0.1) is 11.8 Å². The first kappa shape index (κ1) is 19.6. The fraction of sp³-hybridized carbons (Fsp3) is 0.591. The van der Waals surface area contributed by atoms with Crippen LogP contribution in [0.1, 0.15) is 37.0 Å². The molecule has 3 aliphatic rings. The normalized spacial score (nSPS) is 24.2. The maximum absolute atomic E-state index is 12.7. The third kappa shape index (κ3) is 3.74. The van der Waals surface area contributed by atoms with E-state index in [0.29, 0.717) is 0 Å². The lowest BCUT2D eigenvalue weighted by Crippen LogP contribution is -2.36. The van der Waals surface area contributed by atoms with Crippen LogP contribution in [0.3, 0.4) is 0 Å². The van der Waals surface area contributed by atoms with Gasteiger partial charge in [-0.3, -0.25) is 4.79 Å². The summed E-state index contributed by atoms with van der Waals surface area (Å²) >= 11 is 0. The van der Waals surface area contributed by atoms with Crippen molar-refractivity contribution in [2.75, 3.05) is 32.8 Å². The highest BCUT2D eigenvalue weighted by molar-refractivity contribution is 5.85. The van der Waals surface area contributed by atoms with Gasteiger partial charge in [-0.2, -0.15) is 0 Å². The number of carbonyl (C=O) groups excluding carboxylic acids is 1. The molecule has 2 atom stereocenters. The van der Waals surface area contributed by atoms with Crippen LogP contribution in [0.15, 0.2) is 22.6 Å². The highest BCUT2D eigenvalue weighted by Crippen LogP contribution is 2.34. The molecule has 0 unspecified atom stereocenters. The Balaban J connectivity index is 0.00000192. The maximum atomic E-state index is 12.7. The number of benzene rings is 1. The molecule has 28 heavy (non-hydrogen) atoms. The van der Waals surface area contributed by atoms with Gasteiger partial charge in [0, 0.05) is 30.5 Å². The zero-order chi connectivity index (χ0) is 18.2. The monoisotopic (exact) mass is 404 g/mol. The summed E-state index contributed by atoms with van der Waals surface area (Å²) in [6.45, 7) is 4.06. The Hall–Kier alpha value is -1.72. The quantitative estimate of drug-likeness (QED) is 0.849. The summed E-state index contributed by atoms with van der Waals surface area (Å²) < 4.78 is 11.9. The van der Waals surface area contributed by atoms with Crippen LogP contribution in [0.2, 0.25) is 0 Å². The van der Waals surface area contributed by atoms with E-state index in [1.807, 2.05) is 17.0 Å². The molecule has 1 amide bonds. The Kier molecular flexibility index (Phi) is 5.83. The zero-order valence-corrected chi connectivity index (χ0v) is 17.1. The van der Waals surface area contributed by atoms with Crippen molar-refractivity contribution in [2.45, 2.75) is 38.5 Å². The van der Waals surface area contributed by atoms with Crippen molar-refractivity contribution >= 4 is 29.3 Å². The molecule has 2 fully saturated rings. The van der Waals surface area contributed by atoms with Gasteiger partial charge >= 0.3 is 0 Å². The molecule has 2 aromatic rings. The minimum atomic E-state index is 0. The molecule has 5 nitrogen and oxygen atoms in total. The summed E-state index contributed by atoms with van der Waals surface area (Å²) in [5, 5.41) is 4.64. The lowest BCUT2D eigenvalue weighted by Gasteiger charge is -2.21. The van der Waals surface area contributed by atoms with E-state index in [1.54, 1.807) is 0 Å². The highest BCUT2D eigenvalue weighted by Gasteiger charge is 2.31. The van der Waals surface area contributed by atoms with Gasteiger partial charge < -0.3 is 19.4 Å². The van der Waals surface area contributed by atoms with Crippen LogP contribution < -0.4 is 10.1 Å². The van der Waals surface area contributed by atoms with Crippen molar-refractivity contribution in [1.82, 2.24) is 10.2 Å². The van der Waals surface area contributed by atoms with E-state index in [2.05, 4.69) is 11.4 Å². The summed E-state index contributed by atoms with van der Waals surface area (Å²) in [7, 11) is 0. The van der Waals surface area contributed by atoms with Gasteiger partial charge in [0.25, 0.3) is 5.91 Å². The molecule has 0 saturated carbocycles. The second-order valence-electron chi connectivity index (χ2n) is 8.29. The number of nitrogens with one attached hydrogen (secondary N) is 1. The van der Waals surface area contributed by atoms with Crippen molar-refractivity contribution in [3.63, 3.8) is 0 Å². The minimum absolute atomic E-state index is 0. The second kappa shape index (κ2) is 8.34.